The Morgan fingerprint density at radius 2 is 2.14 bits per heavy atom. The lowest BCUT2D eigenvalue weighted by Crippen LogP contribution is -2.23. The van der Waals surface area contributed by atoms with Crippen LogP contribution >= 0.6 is 0 Å². The SMILES string of the molecule is CNC(=O)CCC#Cc1cccc(C(O)CCNC(=O)O)c1. The minimum Gasteiger partial charge on any atom is -0.465 e. The van der Waals surface area contributed by atoms with Gasteiger partial charge in [0.25, 0.3) is 0 Å². The molecule has 1 atom stereocenters. The molecule has 0 aliphatic rings. The third-order valence-electron chi connectivity index (χ3n) is 2.95. The lowest BCUT2D eigenvalue weighted by molar-refractivity contribution is -0.120. The molecule has 0 spiro atoms. The second-order valence-corrected chi connectivity index (χ2v) is 4.64. The molecule has 1 aromatic rings. The number of carboxylic acid groups (broad SMARTS) is 1. The quantitative estimate of drug-likeness (QED) is 0.595. The summed E-state index contributed by atoms with van der Waals surface area (Å²) in [4.78, 5) is 21.4. The molecule has 0 radical (unpaired) electrons. The molecule has 6 nitrogen and oxygen atoms in total. The van der Waals surface area contributed by atoms with Crippen LogP contribution in [0.25, 0.3) is 0 Å². The van der Waals surface area contributed by atoms with Crippen LogP contribution in [0.3, 0.4) is 0 Å². The number of carbonyl (C=O) groups is 2. The monoisotopic (exact) mass is 304 g/mol. The molecule has 22 heavy (non-hydrogen) atoms. The topological polar surface area (TPSA) is 98.7 Å². The maximum absolute atomic E-state index is 11.1. The van der Waals surface area contributed by atoms with Gasteiger partial charge in [-0.2, -0.15) is 0 Å². The standard InChI is InChI=1S/C16H20N2O4/c1-17-15(20)8-3-2-5-12-6-4-7-13(11-12)14(19)9-10-18-16(21)22/h4,6-7,11,14,18-19H,3,8-10H2,1H3,(H,17,20)(H,21,22). The molecule has 0 fully saturated rings. The summed E-state index contributed by atoms with van der Waals surface area (Å²) in [7, 11) is 1.58. The molecule has 6 heteroatoms. The Balaban J connectivity index is 2.56. The van der Waals surface area contributed by atoms with Crippen LogP contribution in [0, 0.1) is 11.8 Å². The first-order valence-corrected chi connectivity index (χ1v) is 6.97. The van der Waals surface area contributed by atoms with E-state index in [1.165, 1.54) is 0 Å². The fraction of sp³-hybridized carbons (Fsp3) is 0.375. The average molecular weight is 304 g/mol. The van der Waals surface area contributed by atoms with Crippen LogP contribution in [0.15, 0.2) is 24.3 Å². The van der Waals surface area contributed by atoms with E-state index in [-0.39, 0.29) is 12.5 Å². The zero-order chi connectivity index (χ0) is 16.4. The van der Waals surface area contributed by atoms with Crippen molar-refractivity contribution < 1.29 is 19.8 Å². The van der Waals surface area contributed by atoms with Crippen LogP contribution in [0.4, 0.5) is 4.79 Å². The van der Waals surface area contributed by atoms with Crippen LogP contribution < -0.4 is 10.6 Å². The third-order valence-corrected chi connectivity index (χ3v) is 2.95. The molecule has 4 N–H and O–H groups in total. The minimum absolute atomic E-state index is 0.0515. The van der Waals surface area contributed by atoms with E-state index >= 15 is 0 Å². The van der Waals surface area contributed by atoms with Crippen molar-refractivity contribution in [2.75, 3.05) is 13.6 Å². The average Bonchev–Trinajstić information content (AvgIpc) is 2.51. The highest BCUT2D eigenvalue weighted by atomic mass is 16.4. The van der Waals surface area contributed by atoms with E-state index in [4.69, 9.17) is 5.11 Å². The summed E-state index contributed by atoms with van der Waals surface area (Å²) in [6.07, 6.45) is -0.746. The molecule has 0 saturated heterocycles. The molecule has 2 amide bonds. The minimum atomic E-state index is -1.11. The highest BCUT2D eigenvalue weighted by molar-refractivity contribution is 5.75. The molecule has 0 aromatic heterocycles. The molecule has 0 bridgehead atoms. The molecule has 1 aromatic carbocycles. The maximum Gasteiger partial charge on any atom is 0.404 e. The summed E-state index contributed by atoms with van der Waals surface area (Å²) in [5.41, 5.74) is 1.44. The third kappa shape index (κ3) is 6.77. The normalized spacial score (nSPS) is 11.0. The number of nitrogens with one attached hydrogen (secondary N) is 2. The second-order valence-electron chi connectivity index (χ2n) is 4.64. The fourth-order valence-corrected chi connectivity index (χ4v) is 1.77. The van der Waals surface area contributed by atoms with E-state index in [9.17, 15) is 14.7 Å². The number of aliphatic hydroxyl groups is 1. The predicted octanol–water partition coefficient (Wildman–Crippen LogP) is 1.26. The van der Waals surface area contributed by atoms with Gasteiger partial charge in [0.05, 0.1) is 6.10 Å². The number of rotatable bonds is 6. The number of hydrogen-bond acceptors (Lipinski definition) is 3. The van der Waals surface area contributed by atoms with Crippen LogP contribution in [0.2, 0.25) is 0 Å². The molecule has 1 rings (SSSR count). The van der Waals surface area contributed by atoms with E-state index in [2.05, 4.69) is 22.5 Å². The zero-order valence-electron chi connectivity index (χ0n) is 12.4. The number of carbonyl (C=O) groups excluding carboxylic acids is 1. The highest BCUT2D eigenvalue weighted by Gasteiger charge is 2.08. The summed E-state index contributed by atoms with van der Waals surface area (Å²) < 4.78 is 0. The van der Waals surface area contributed by atoms with Crippen molar-refractivity contribution in [3.63, 3.8) is 0 Å². The smallest absolute Gasteiger partial charge is 0.404 e. The first-order chi connectivity index (χ1) is 10.5. The maximum atomic E-state index is 11.1. The molecule has 0 saturated carbocycles. The van der Waals surface area contributed by atoms with E-state index in [1.807, 2.05) is 6.07 Å². The first-order valence-electron chi connectivity index (χ1n) is 6.97. The van der Waals surface area contributed by atoms with Gasteiger partial charge in [-0.3, -0.25) is 4.79 Å². The van der Waals surface area contributed by atoms with E-state index in [1.54, 1.807) is 25.2 Å². The van der Waals surface area contributed by atoms with Gasteiger partial charge in [-0.1, -0.05) is 24.0 Å². The van der Waals surface area contributed by atoms with E-state index in [0.29, 0.717) is 24.8 Å². The van der Waals surface area contributed by atoms with Crippen LogP contribution in [0.1, 0.15) is 36.5 Å². The lowest BCUT2D eigenvalue weighted by atomic mass is 10.0. The summed E-state index contributed by atoms with van der Waals surface area (Å²) in [5.74, 6) is 5.80. The molecule has 0 aliphatic heterocycles. The zero-order valence-corrected chi connectivity index (χ0v) is 12.4. The summed E-state index contributed by atoms with van der Waals surface area (Å²) in [5, 5.41) is 23.2. The van der Waals surface area contributed by atoms with Crippen molar-refractivity contribution in [3.8, 4) is 11.8 Å². The summed E-state index contributed by atoms with van der Waals surface area (Å²) in [6.45, 7) is 0.179. The van der Waals surface area contributed by atoms with Crippen molar-refractivity contribution in [3.05, 3.63) is 35.4 Å². The number of hydrogen-bond donors (Lipinski definition) is 4. The van der Waals surface area contributed by atoms with E-state index < -0.39 is 12.2 Å². The molecule has 0 aliphatic carbocycles. The number of aliphatic hydroxyl groups excluding tert-OH is 1. The Morgan fingerprint density at radius 3 is 2.82 bits per heavy atom. The van der Waals surface area contributed by atoms with Gasteiger partial charge in [0.15, 0.2) is 0 Å². The molecule has 0 heterocycles. The van der Waals surface area contributed by atoms with Crippen molar-refractivity contribution in [2.45, 2.75) is 25.4 Å². The Morgan fingerprint density at radius 1 is 1.36 bits per heavy atom. The van der Waals surface area contributed by atoms with Crippen molar-refractivity contribution in [2.24, 2.45) is 0 Å². The Kier molecular flexibility index (Phi) is 7.51. The predicted molar refractivity (Wildman–Crippen MR) is 82.2 cm³/mol. The summed E-state index contributed by atoms with van der Waals surface area (Å²) >= 11 is 0. The molecular formula is C16H20N2O4. The van der Waals surface area contributed by atoms with Crippen LogP contribution in [-0.2, 0) is 4.79 Å². The van der Waals surface area contributed by atoms with Gasteiger partial charge >= 0.3 is 6.09 Å². The Labute approximate surface area is 129 Å². The Bertz CT molecular complexity index is 575. The lowest BCUT2D eigenvalue weighted by Gasteiger charge is -2.11. The molecular weight excluding hydrogens is 284 g/mol. The van der Waals surface area contributed by atoms with Gasteiger partial charge in [-0.25, -0.2) is 4.79 Å². The molecule has 1 unspecified atom stereocenters. The van der Waals surface area contributed by atoms with Crippen LogP contribution in [0.5, 0.6) is 0 Å². The summed E-state index contributed by atoms with van der Waals surface area (Å²) in [6, 6.07) is 7.13. The molecule has 118 valence electrons. The number of benzene rings is 1. The van der Waals surface area contributed by atoms with Gasteiger partial charge < -0.3 is 20.8 Å². The number of amides is 2. The van der Waals surface area contributed by atoms with Gasteiger partial charge in [0, 0.05) is 32.0 Å². The van der Waals surface area contributed by atoms with E-state index in [0.717, 1.165) is 5.56 Å². The van der Waals surface area contributed by atoms with Crippen molar-refractivity contribution >= 4 is 12.0 Å². The largest absolute Gasteiger partial charge is 0.465 e. The fourth-order valence-electron chi connectivity index (χ4n) is 1.77. The van der Waals surface area contributed by atoms with Crippen LogP contribution in [-0.4, -0.2) is 35.8 Å². The Hall–Kier alpha value is -2.52. The van der Waals surface area contributed by atoms with Gasteiger partial charge in [0.2, 0.25) is 5.91 Å². The second kappa shape index (κ2) is 9.42. The van der Waals surface area contributed by atoms with Gasteiger partial charge in [-0.05, 0) is 24.1 Å². The van der Waals surface area contributed by atoms with Gasteiger partial charge in [-0.15, -0.1) is 0 Å². The van der Waals surface area contributed by atoms with Gasteiger partial charge in [0.1, 0.15) is 0 Å². The first kappa shape index (κ1) is 17.5. The van der Waals surface area contributed by atoms with Crippen molar-refractivity contribution in [1.82, 2.24) is 10.6 Å². The highest BCUT2D eigenvalue weighted by Crippen LogP contribution is 2.17. The van der Waals surface area contributed by atoms with Crippen molar-refractivity contribution in [1.29, 1.82) is 0 Å².